The van der Waals surface area contributed by atoms with Crippen molar-refractivity contribution in [1.82, 2.24) is 29.9 Å². The van der Waals surface area contributed by atoms with Crippen LogP contribution in [0.2, 0.25) is 0 Å². The number of aromatic nitrogens is 6. The Bertz CT molecular complexity index is 4980. The Labute approximate surface area is 836 Å². The summed E-state index contributed by atoms with van der Waals surface area (Å²) in [6, 6.07) is 61.1. The predicted octanol–water partition coefficient (Wildman–Crippen LogP) is 42.3. The van der Waals surface area contributed by atoms with E-state index in [1.807, 2.05) is 116 Å². The van der Waals surface area contributed by atoms with Crippen LogP contribution in [0.3, 0.4) is 0 Å². The Kier molecular flexibility index (Phi) is 62.9. The summed E-state index contributed by atoms with van der Waals surface area (Å²) in [7, 11) is 0. The van der Waals surface area contributed by atoms with Crippen molar-refractivity contribution in [2.24, 2.45) is 0 Å². The van der Waals surface area contributed by atoms with Crippen molar-refractivity contribution in [2.45, 2.75) is 458 Å². The third kappa shape index (κ3) is 44.7. The molecule has 0 spiro atoms. The van der Waals surface area contributed by atoms with Gasteiger partial charge in [0.15, 0.2) is 28.2 Å². The van der Waals surface area contributed by atoms with Crippen LogP contribution < -0.4 is 0 Å². The van der Waals surface area contributed by atoms with E-state index in [0.29, 0.717) is 5.41 Å². The first-order valence-electron chi connectivity index (χ1n) is 45.0. The zero-order valence-corrected chi connectivity index (χ0v) is 87.0. The summed E-state index contributed by atoms with van der Waals surface area (Å²) in [5.74, 6) is 3.14. The first-order valence-corrected chi connectivity index (χ1v) is 46.6. The van der Waals surface area contributed by atoms with Crippen LogP contribution in [0.25, 0.3) is 64.8 Å². The zero-order valence-electron chi connectivity index (χ0n) is 85.4. The minimum atomic E-state index is -0.0408. The highest BCUT2D eigenvalue weighted by Gasteiger charge is 2.28. The van der Waals surface area contributed by atoms with Crippen LogP contribution in [-0.4, -0.2) is 29.9 Å². The van der Waals surface area contributed by atoms with Crippen LogP contribution in [0.5, 0.6) is 0 Å². The third-order valence-electron chi connectivity index (χ3n) is 19.2. The second kappa shape index (κ2) is 58.9. The van der Waals surface area contributed by atoms with E-state index in [-0.39, 0.29) is 141 Å². The molecule has 0 saturated heterocycles. The van der Waals surface area contributed by atoms with Crippen molar-refractivity contribution in [1.29, 1.82) is 0 Å². The number of thiazole rings is 2. The van der Waals surface area contributed by atoms with Gasteiger partial charge in [0, 0.05) is 34.0 Å². The quantitative estimate of drug-likeness (QED) is 0.145. The van der Waals surface area contributed by atoms with Crippen LogP contribution in [0.15, 0.2) is 194 Å². The monoisotopic (exact) mass is 1890 g/mol. The molecule has 0 N–H and O–H groups in total. The summed E-state index contributed by atoms with van der Waals surface area (Å²) >= 11 is 3.62. The lowest BCUT2D eigenvalue weighted by Crippen LogP contribution is -2.14. The number of rotatable bonds is 0. The standard InChI is InChI=1S/2C15H21NO.C15H21NS.C14H22.C12H15NO.C11H13NO.C11H13NS.C10H14.4C2H6.11CH4/c1-14(2,3)10-7-8-12-11(9-10)16-13(17-12)15(4,5)6;2*1-14(2,3)10-7-8-11-12(9-10)17-13(16-11)15(4,5)6;1-13(2,3)11-7-9-12(10-8-11)14(4,5)6;1-8-13-10-6-5-9(12(2,3)4)7-11(10)14-8;2*1-11(2,3)10-12-8-6-4-5-7-9(8)13-10;1-10(2,3)9-7-5-4-6-8-9;4*1-2;;;;;;;;;;;/h3*7-9H,1-6H3;7-10H,1-6H3;5-7H,1-4H3;2*4-7H,1-3H3;4-8H,1-3H3;4*1-2H3;11*1H4. The predicted molar refractivity (Wildman–Crippen MR) is 617 cm³/mol. The van der Waals surface area contributed by atoms with Gasteiger partial charge in [0.25, 0.3) is 0 Å². The number of para-hydroxylation sites is 3. The second-order valence-electron chi connectivity index (χ2n) is 42.9. The van der Waals surface area contributed by atoms with Gasteiger partial charge in [-0.2, -0.15) is 0 Å². The molecule has 8 aromatic carbocycles. The molecule has 0 bridgehead atoms. The lowest BCUT2D eigenvalue weighted by Gasteiger charge is -2.23. The van der Waals surface area contributed by atoms with E-state index in [1.54, 1.807) is 11.3 Å². The van der Waals surface area contributed by atoms with Gasteiger partial charge in [-0.1, -0.05) is 489 Å². The molecule has 6 aromatic heterocycles. The van der Waals surface area contributed by atoms with Gasteiger partial charge in [-0.05, 0) is 150 Å². The lowest BCUT2D eigenvalue weighted by atomic mass is 9.82. The molecule has 0 unspecified atom stereocenters. The number of fused-ring (bicyclic) bond motifs is 6. The fourth-order valence-electron chi connectivity index (χ4n) is 11.4. The van der Waals surface area contributed by atoms with Gasteiger partial charge in [0.1, 0.15) is 22.1 Å². The fourth-order valence-corrected chi connectivity index (χ4v) is 13.5. The van der Waals surface area contributed by atoms with Crippen molar-refractivity contribution in [2.75, 3.05) is 0 Å². The zero-order chi connectivity index (χ0) is 94.4. The highest BCUT2D eigenvalue weighted by molar-refractivity contribution is 7.19. The molecule has 0 aliphatic carbocycles. The fraction of sp³-hybridized carbons (Fsp3) is 0.557. The Morgan fingerprint density at radius 1 is 0.187 bits per heavy atom. The topological polar surface area (TPSA) is 130 Å². The van der Waals surface area contributed by atoms with Gasteiger partial charge in [0.05, 0.1) is 30.4 Å². The average Bonchev–Trinajstić information content (AvgIpc) is 1.66. The summed E-state index contributed by atoms with van der Waals surface area (Å²) in [5.41, 5.74) is 20.7. The van der Waals surface area contributed by atoms with Crippen molar-refractivity contribution in [3.63, 3.8) is 0 Å². The molecule has 762 valence electrons. The summed E-state index contributed by atoms with van der Waals surface area (Å²) < 4.78 is 25.4. The van der Waals surface area contributed by atoms with E-state index < -0.39 is 0 Å². The maximum Gasteiger partial charge on any atom is 0.200 e. The highest BCUT2D eigenvalue weighted by atomic mass is 32.1. The van der Waals surface area contributed by atoms with Crippen molar-refractivity contribution < 1.29 is 17.7 Å². The number of oxazole rings is 4. The first kappa shape index (κ1) is 143. The van der Waals surface area contributed by atoms with Crippen molar-refractivity contribution >= 4 is 87.5 Å². The molecule has 12 heteroatoms. The SMILES string of the molecule is C.C.C.C.C.C.C.C.C.C.C.CC.CC.CC.CC.CC(C)(C)c1ccc(C(C)(C)C)cc1.CC(C)(C)c1ccc2nc(C(C)(C)C)oc2c1.CC(C)(C)c1ccc2nc(C(C)(C)C)sc2c1.CC(C)(C)c1ccc2oc(C(C)(C)C)nc2c1.CC(C)(C)c1ccccc1.CC(C)(C)c1nc2ccccc2o1.CC(C)(C)c1nc2ccccc2s1.Cc1nc2ccc(C(C)(C)C)cc2o1. The van der Waals surface area contributed by atoms with Crippen molar-refractivity contribution in [3.8, 4) is 0 Å². The van der Waals surface area contributed by atoms with E-state index >= 15 is 0 Å². The van der Waals surface area contributed by atoms with Gasteiger partial charge < -0.3 is 17.7 Å². The molecule has 0 amide bonds. The number of nitrogens with zero attached hydrogens (tertiary/aromatic N) is 6. The van der Waals surface area contributed by atoms with E-state index in [4.69, 9.17) is 22.7 Å². The maximum absolute atomic E-state index is 5.86. The summed E-state index contributed by atoms with van der Waals surface area (Å²) in [6.45, 7) is 96.8. The van der Waals surface area contributed by atoms with Gasteiger partial charge in [-0.3, -0.25) is 0 Å². The largest absolute Gasteiger partial charge is 0.441 e. The van der Waals surface area contributed by atoms with Gasteiger partial charge in [-0.15, -0.1) is 22.7 Å². The molecule has 14 aromatic rings. The third-order valence-corrected chi connectivity index (χ3v) is 22.1. The minimum Gasteiger partial charge on any atom is -0.441 e. The smallest absolute Gasteiger partial charge is 0.200 e. The van der Waals surface area contributed by atoms with E-state index in [9.17, 15) is 0 Å². The van der Waals surface area contributed by atoms with Crippen molar-refractivity contribution in [3.05, 3.63) is 248 Å². The molecule has 14 rings (SSSR count). The first-order chi connectivity index (χ1) is 56.5. The number of benzene rings is 8. The molecule has 0 radical (unpaired) electrons. The number of hydrogen-bond acceptors (Lipinski definition) is 12. The Morgan fingerprint density at radius 3 is 0.769 bits per heavy atom. The average molecular weight is 1890 g/mol. The van der Waals surface area contributed by atoms with Crippen LogP contribution in [0.1, 0.15) is 459 Å². The Morgan fingerprint density at radius 2 is 0.433 bits per heavy atom. The summed E-state index contributed by atoms with van der Waals surface area (Å²) in [5, 5.41) is 2.44. The summed E-state index contributed by atoms with van der Waals surface area (Å²) in [6.07, 6.45) is 0. The van der Waals surface area contributed by atoms with E-state index in [1.165, 1.54) is 58.4 Å². The van der Waals surface area contributed by atoms with Gasteiger partial charge >= 0.3 is 0 Å². The summed E-state index contributed by atoms with van der Waals surface area (Å²) in [4.78, 5) is 27.1. The Hall–Kier alpha value is -8.58. The molecule has 0 aliphatic heterocycles. The van der Waals surface area contributed by atoms with E-state index in [2.05, 4.69) is 408 Å². The molecule has 0 atom stereocenters. The molecule has 134 heavy (non-hydrogen) atoms. The van der Waals surface area contributed by atoms with Gasteiger partial charge in [-0.25, -0.2) is 29.9 Å². The van der Waals surface area contributed by atoms with Crippen LogP contribution in [-0.2, 0) is 65.0 Å². The molecule has 0 fully saturated rings. The van der Waals surface area contributed by atoms with Crippen LogP contribution in [0.4, 0.5) is 0 Å². The molecular formula is C122H208N6O4S2. The molecule has 10 nitrogen and oxygen atoms in total. The molecule has 0 aliphatic rings. The maximum atomic E-state index is 5.86. The number of aryl methyl sites for hydroxylation is 1. The highest BCUT2D eigenvalue weighted by Crippen LogP contribution is 2.38. The minimum absolute atomic E-state index is 0. The normalized spacial score (nSPS) is 11.1. The van der Waals surface area contributed by atoms with Crippen LogP contribution in [0, 0.1) is 6.92 Å². The lowest BCUT2D eigenvalue weighted by molar-refractivity contribution is 0.410. The Balaban J connectivity index is -0.000000187. The number of hydrogen-bond donors (Lipinski definition) is 0. The van der Waals surface area contributed by atoms with E-state index in [0.717, 1.165) is 79.0 Å². The second-order valence-corrected chi connectivity index (χ2v) is 45.0. The van der Waals surface area contributed by atoms with Crippen LogP contribution >= 0.6 is 22.7 Å². The molecular weight excluding hydrogens is 1680 g/mol. The molecule has 0 saturated carbocycles. The molecule has 6 heterocycles. The van der Waals surface area contributed by atoms with Gasteiger partial charge in [0.2, 0.25) is 17.7 Å².